The van der Waals surface area contributed by atoms with Gasteiger partial charge in [0.2, 0.25) is 0 Å². The minimum absolute atomic E-state index is 0.623. The van der Waals surface area contributed by atoms with E-state index in [-0.39, 0.29) is 0 Å². The zero-order chi connectivity index (χ0) is 13.1. The molecule has 3 heteroatoms. The normalized spacial score (nSPS) is 24.6. The highest BCUT2D eigenvalue weighted by Crippen LogP contribution is 2.28. The van der Waals surface area contributed by atoms with Gasteiger partial charge in [-0.2, -0.15) is 0 Å². The van der Waals surface area contributed by atoms with E-state index in [9.17, 15) is 0 Å². The Bertz CT molecular complexity index is 411. The number of hydrogen-bond donors (Lipinski definition) is 2. The summed E-state index contributed by atoms with van der Waals surface area (Å²) in [5.41, 5.74) is 2.97. The maximum atomic E-state index is 5.64. The molecule has 0 unspecified atom stereocenters. The summed E-state index contributed by atoms with van der Waals surface area (Å²) in [6, 6.07) is 7.16. The van der Waals surface area contributed by atoms with Crippen molar-refractivity contribution in [3.8, 4) is 5.75 Å². The van der Waals surface area contributed by atoms with E-state index in [4.69, 9.17) is 4.74 Å². The standard InChI is InChI=1S/C16H24N2O/c1-19-15-8-6-7-13-11-17-12-14(16(13)15)18-9-4-2-3-5-10-18/h6-8,14,17H,2-5,9-12H2,1H3/p+2/t14-/m1/s1. The summed E-state index contributed by atoms with van der Waals surface area (Å²) in [6.45, 7) is 4.98. The van der Waals surface area contributed by atoms with E-state index in [0.717, 1.165) is 12.3 Å². The molecule has 3 rings (SSSR count). The van der Waals surface area contributed by atoms with Crippen molar-refractivity contribution >= 4 is 0 Å². The van der Waals surface area contributed by atoms with Crippen LogP contribution in [0, 0.1) is 0 Å². The number of hydrogen-bond acceptors (Lipinski definition) is 1. The van der Waals surface area contributed by atoms with Crippen LogP contribution in [-0.4, -0.2) is 26.7 Å². The molecule has 1 saturated heterocycles. The molecule has 0 aromatic heterocycles. The van der Waals surface area contributed by atoms with Crippen LogP contribution in [0.4, 0.5) is 0 Å². The highest BCUT2D eigenvalue weighted by molar-refractivity contribution is 5.42. The molecule has 3 N–H and O–H groups in total. The molecular formula is C16H26N2O+2. The average molecular weight is 262 g/mol. The number of ether oxygens (including phenoxy) is 1. The van der Waals surface area contributed by atoms with Crippen LogP contribution in [0.1, 0.15) is 42.9 Å². The van der Waals surface area contributed by atoms with Crippen molar-refractivity contribution in [1.82, 2.24) is 0 Å². The van der Waals surface area contributed by atoms with E-state index in [1.54, 1.807) is 4.90 Å². The van der Waals surface area contributed by atoms with Gasteiger partial charge in [0, 0.05) is 5.56 Å². The second kappa shape index (κ2) is 5.93. The van der Waals surface area contributed by atoms with Gasteiger partial charge < -0.3 is 15.0 Å². The number of benzene rings is 1. The zero-order valence-electron chi connectivity index (χ0n) is 12.0. The molecular weight excluding hydrogens is 236 g/mol. The lowest BCUT2D eigenvalue weighted by Gasteiger charge is -2.31. The Morgan fingerprint density at radius 3 is 2.68 bits per heavy atom. The first kappa shape index (κ1) is 12.9. The Morgan fingerprint density at radius 2 is 1.95 bits per heavy atom. The zero-order valence-corrected chi connectivity index (χ0v) is 12.0. The quantitative estimate of drug-likeness (QED) is 0.787. The molecule has 3 nitrogen and oxygen atoms in total. The van der Waals surface area contributed by atoms with Crippen molar-refractivity contribution in [2.24, 2.45) is 0 Å². The van der Waals surface area contributed by atoms with Crippen molar-refractivity contribution in [3.05, 3.63) is 29.3 Å². The van der Waals surface area contributed by atoms with Gasteiger partial charge in [0.15, 0.2) is 6.04 Å². The molecule has 0 aliphatic carbocycles. The molecule has 0 bridgehead atoms. The van der Waals surface area contributed by atoms with E-state index in [2.05, 4.69) is 23.5 Å². The van der Waals surface area contributed by atoms with Gasteiger partial charge in [-0.25, -0.2) is 0 Å². The second-order valence-corrected chi connectivity index (χ2v) is 5.89. The summed E-state index contributed by atoms with van der Waals surface area (Å²) in [7, 11) is 1.81. The summed E-state index contributed by atoms with van der Waals surface area (Å²) in [6.07, 6.45) is 5.60. The Kier molecular flexibility index (Phi) is 4.04. The van der Waals surface area contributed by atoms with E-state index >= 15 is 0 Å². The first-order chi connectivity index (χ1) is 9.40. The summed E-state index contributed by atoms with van der Waals surface area (Å²) in [5, 5.41) is 2.46. The third-order valence-electron chi connectivity index (χ3n) is 4.73. The number of methoxy groups -OCH3 is 1. The Morgan fingerprint density at radius 1 is 1.16 bits per heavy atom. The fraction of sp³-hybridized carbons (Fsp3) is 0.625. The molecule has 2 aliphatic heterocycles. The second-order valence-electron chi connectivity index (χ2n) is 5.89. The topological polar surface area (TPSA) is 30.3 Å². The molecule has 2 aliphatic rings. The fourth-order valence-corrected chi connectivity index (χ4v) is 3.77. The van der Waals surface area contributed by atoms with Gasteiger partial charge >= 0.3 is 0 Å². The lowest BCUT2D eigenvalue weighted by molar-refractivity contribution is -0.947. The first-order valence-electron chi connectivity index (χ1n) is 7.72. The van der Waals surface area contributed by atoms with Gasteiger partial charge in [0.05, 0.1) is 25.8 Å². The van der Waals surface area contributed by atoms with Gasteiger partial charge in [-0.05, 0) is 31.7 Å². The predicted octanol–water partition coefficient (Wildman–Crippen LogP) is 0.272. The number of nitrogens with two attached hydrogens (primary N) is 1. The Labute approximate surface area is 115 Å². The lowest BCUT2D eigenvalue weighted by atomic mass is 9.94. The molecule has 104 valence electrons. The smallest absolute Gasteiger partial charge is 0.167 e. The van der Waals surface area contributed by atoms with Crippen LogP contribution in [0.2, 0.25) is 0 Å². The largest absolute Gasteiger partial charge is 0.496 e. The van der Waals surface area contributed by atoms with Crippen molar-refractivity contribution < 1.29 is 15.0 Å². The molecule has 0 spiro atoms. The molecule has 2 heterocycles. The summed E-state index contributed by atoms with van der Waals surface area (Å²) < 4.78 is 5.64. The molecule has 0 radical (unpaired) electrons. The SMILES string of the molecule is COc1cccc2c1[C@H]([NH+]1CCCCCC1)C[NH2+]C2. The van der Waals surface area contributed by atoms with E-state index in [0.29, 0.717) is 6.04 Å². The highest BCUT2D eigenvalue weighted by Gasteiger charge is 2.34. The molecule has 1 aromatic carbocycles. The molecule has 19 heavy (non-hydrogen) atoms. The fourth-order valence-electron chi connectivity index (χ4n) is 3.77. The van der Waals surface area contributed by atoms with Crippen LogP contribution in [-0.2, 0) is 6.54 Å². The maximum absolute atomic E-state index is 5.64. The van der Waals surface area contributed by atoms with E-state index in [1.807, 2.05) is 7.11 Å². The number of rotatable bonds is 2. The highest BCUT2D eigenvalue weighted by atomic mass is 16.5. The lowest BCUT2D eigenvalue weighted by Crippen LogP contribution is -3.15. The van der Waals surface area contributed by atoms with Gasteiger partial charge in [-0.15, -0.1) is 0 Å². The molecule has 0 saturated carbocycles. The van der Waals surface area contributed by atoms with Crippen molar-refractivity contribution in [2.45, 2.75) is 38.3 Å². The van der Waals surface area contributed by atoms with Crippen LogP contribution in [0.3, 0.4) is 0 Å². The maximum Gasteiger partial charge on any atom is 0.167 e. The number of quaternary nitrogens is 2. The molecule has 1 atom stereocenters. The molecule has 0 amide bonds. The monoisotopic (exact) mass is 262 g/mol. The van der Waals surface area contributed by atoms with Crippen molar-refractivity contribution in [3.63, 3.8) is 0 Å². The third kappa shape index (κ3) is 2.63. The van der Waals surface area contributed by atoms with Crippen LogP contribution in [0.15, 0.2) is 18.2 Å². The average Bonchev–Trinajstić information content (AvgIpc) is 2.75. The summed E-state index contributed by atoms with van der Waals surface area (Å²) >= 11 is 0. The minimum atomic E-state index is 0.623. The van der Waals surface area contributed by atoms with Crippen molar-refractivity contribution in [2.75, 3.05) is 26.7 Å². The third-order valence-corrected chi connectivity index (χ3v) is 4.73. The van der Waals surface area contributed by atoms with E-state index < -0.39 is 0 Å². The van der Waals surface area contributed by atoms with Gasteiger partial charge in [-0.3, -0.25) is 0 Å². The van der Waals surface area contributed by atoms with Gasteiger partial charge in [0.1, 0.15) is 18.8 Å². The minimum Gasteiger partial charge on any atom is -0.496 e. The molecule has 1 fully saturated rings. The summed E-state index contributed by atoms with van der Waals surface area (Å²) in [4.78, 5) is 1.78. The summed E-state index contributed by atoms with van der Waals surface area (Å²) in [5.74, 6) is 1.10. The van der Waals surface area contributed by atoms with Gasteiger partial charge in [0.25, 0.3) is 0 Å². The predicted molar refractivity (Wildman–Crippen MR) is 75.4 cm³/mol. The van der Waals surface area contributed by atoms with Gasteiger partial charge in [-0.1, -0.05) is 12.1 Å². The van der Waals surface area contributed by atoms with Crippen LogP contribution in [0.25, 0.3) is 0 Å². The van der Waals surface area contributed by atoms with Crippen LogP contribution >= 0.6 is 0 Å². The Balaban J connectivity index is 1.92. The first-order valence-corrected chi connectivity index (χ1v) is 7.72. The number of fused-ring (bicyclic) bond motifs is 1. The van der Waals surface area contributed by atoms with Crippen LogP contribution < -0.4 is 15.0 Å². The van der Waals surface area contributed by atoms with Crippen LogP contribution in [0.5, 0.6) is 5.75 Å². The number of nitrogens with one attached hydrogen (secondary N) is 1. The Hall–Kier alpha value is -1.06. The van der Waals surface area contributed by atoms with Crippen molar-refractivity contribution in [1.29, 1.82) is 0 Å². The van der Waals surface area contributed by atoms with E-state index in [1.165, 1.54) is 56.4 Å². The molecule has 1 aromatic rings. The number of likely N-dealkylation sites (tertiary alicyclic amines) is 1.